The highest BCUT2D eigenvalue weighted by Gasteiger charge is 2.49. The van der Waals surface area contributed by atoms with Crippen molar-refractivity contribution in [1.82, 2.24) is 10.6 Å². The lowest BCUT2D eigenvalue weighted by molar-refractivity contribution is -0.184. The predicted molar refractivity (Wildman–Crippen MR) is 77.6 cm³/mol. The predicted octanol–water partition coefficient (Wildman–Crippen LogP) is 3.75. The van der Waals surface area contributed by atoms with Crippen molar-refractivity contribution in [3.8, 4) is 0 Å². The van der Waals surface area contributed by atoms with Gasteiger partial charge in [0.05, 0.1) is 0 Å². The fraction of sp³-hybridized carbons (Fsp3) is 0.750. The minimum absolute atomic E-state index is 1.02. The van der Waals surface area contributed by atoms with Crippen molar-refractivity contribution in [3.63, 3.8) is 0 Å². The molecule has 2 atom stereocenters. The van der Waals surface area contributed by atoms with E-state index < -0.39 is 44.2 Å². The molecule has 2 N–H and O–H groups in total. The molecule has 0 saturated carbocycles. The van der Waals surface area contributed by atoms with Gasteiger partial charge in [-0.1, -0.05) is 69.6 Å². The van der Waals surface area contributed by atoms with E-state index in [1.165, 1.54) is 0 Å². The lowest BCUT2D eigenvalue weighted by Gasteiger charge is -2.33. The first-order valence-electron chi connectivity index (χ1n) is 5.30. The monoisotopic (exact) mass is 500 g/mol. The van der Waals surface area contributed by atoms with Crippen LogP contribution in [0.15, 0.2) is 0 Å². The molecule has 17 heteroatoms. The summed E-state index contributed by atoms with van der Waals surface area (Å²) in [7, 11) is 0. The summed E-state index contributed by atoms with van der Waals surface area (Å²) in [6, 6.07) is 0. The van der Waals surface area contributed by atoms with Gasteiger partial charge in [-0.3, -0.25) is 9.59 Å². The summed E-state index contributed by atoms with van der Waals surface area (Å²) < 4.78 is 72.2. The van der Waals surface area contributed by atoms with E-state index >= 15 is 0 Å². The highest BCUT2D eigenvalue weighted by molar-refractivity contribution is 6.68. The minimum atomic E-state index is -5.47. The highest BCUT2D eigenvalue weighted by Crippen LogP contribution is 2.37. The number of nitrogens with one attached hydrogen (secondary N) is 2. The van der Waals surface area contributed by atoms with E-state index in [2.05, 4.69) is 4.74 Å². The summed E-state index contributed by atoms with van der Waals surface area (Å²) in [5, 5.41) is 2.04. The van der Waals surface area contributed by atoms with Gasteiger partial charge >= 0.3 is 24.2 Å². The molecule has 0 rings (SSSR count). The summed E-state index contributed by atoms with van der Waals surface area (Å²) in [6.07, 6.45) is -16.1. The zero-order valence-electron chi connectivity index (χ0n) is 10.9. The maximum Gasteiger partial charge on any atom is 0.471 e. The molecule has 0 aromatic rings. The summed E-state index contributed by atoms with van der Waals surface area (Å²) >= 11 is 31.6. The second-order valence-electron chi connectivity index (χ2n) is 3.92. The molecule has 0 unspecified atom stereocenters. The van der Waals surface area contributed by atoms with Crippen molar-refractivity contribution in [3.05, 3.63) is 0 Å². The Morgan fingerprint density at radius 1 is 0.680 bits per heavy atom. The van der Waals surface area contributed by atoms with E-state index in [9.17, 15) is 35.9 Å². The van der Waals surface area contributed by atoms with E-state index in [1.54, 1.807) is 0 Å². The Labute approximate surface area is 165 Å². The average molecular weight is 503 g/mol. The first kappa shape index (κ1) is 25.2. The van der Waals surface area contributed by atoms with Crippen LogP contribution >= 0.6 is 69.6 Å². The third kappa shape index (κ3) is 9.12. The normalized spacial score (nSPS) is 16.2. The van der Waals surface area contributed by atoms with Gasteiger partial charge in [0, 0.05) is 0 Å². The topological polar surface area (TPSA) is 67.4 Å². The quantitative estimate of drug-likeness (QED) is 0.349. The zero-order valence-corrected chi connectivity index (χ0v) is 15.5. The molecule has 0 bridgehead atoms. The van der Waals surface area contributed by atoms with Gasteiger partial charge in [-0.2, -0.15) is 26.3 Å². The van der Waals surface area contributed by atoms with Crippen LogP contribution in [0, 0.1) is 0 Å². The molecular formula is C8H4Cl6F6N2O3. The molecule has 5 nitrogen and oxygen atoms in total. The largest absolute Gasteiger partial charge is 0.471 e. The maximum atomic E-state index is 12.2. The van der Waals surface area contributed by atoms with Crippen LogP contribution in [0.4, 0.5) is 26.3 Å². The van der Waals surface area contributed by atoms with Crippen molar-refractivity contribution in [1.29, 1.82) is 0 Å². The van der Waals surface area contributed by atoms with Gasteiger partial charge in [-0.25, -0.2) is 0 Å². The number of alkyl halides is 12. The Balaban J connectivity index is 5.50. The molecule has 0 radical (unpaired) electrons. The third-order valence-corrected chi connectivity index (χ3v) is 3.10. The molecule has 25 heavy (non-hydrogen) atoms. The van der Waals surface area contributed by atoms with E-state index in [4.69, 9.17) is 69.6 Å². The molecule has 0 spiro atoms. The molecule has 0 aromatic heterocycles. The van der Waals surface area contributed by atoms with Gasteiger partial charge in [-0.05, 0) is 0 Å². The van der Waals surface area contributed by atoms with Crippen LogP contribution in [0.25, 0.3) is 0 Å². The van der Waals surface area contributed by atoms with Crippen molar-refractivity contribution in [2.24, 2.45) is 0 Å². The molecule has 148 valence electrons. The molecule has 0 saturated heterocycles. The van der Waals surface area contributed by atoms with E-state index in [0.717, 1.165) is 10.6 Å². The Morgan fingerprint density at radius 2 is 0.920 bits per heavy atom. The Hall–Kier alpha value is 0.220. The molecule has 0 aromatic carbocycles. The number of amides is 2. The lowest BCUT2D eigenvalue weighted by Crippen LogP contribution is -2.57. The van der Waals surface area contributed by atoms with E-state index in [1.807, 2.05) is 0 Å². The number of carbonyl (C=O) groups is 2. The maximum absolute atomic E-state index is 12.2. The smallest absolute Gasteiger partial charge is 0.326 e. The van der Waals surface area contributed by atoms with Crippen LogP contribution in [-0.2, 0) is 14.3 Å². The Bertz CT molecular complexity index is 459. The molecule has 0 heterocycles. The molecule has 2 amide bonds. The van der Waals surface area contributed by atoms with Crippen molar-refractivity contribution >= 4 is 81.4 Å². The zero-order chi connectivity index (χ0) is 20.4. The number of carbonyl (C=O) groups excluding carboxylic acids is 2. The van der Waals surface area contributed by atoms with Crippen LogP contribution in [0.5, 0.6) is 0 Å². The fourth-order valence-electron chi connectivity index (χ4n) is 0.924. The number of ether oxygens (including phenoxy) is 1. The number of halogens is 12. The average Bonchev–Trinajstić information content (AvgIpc) is 2.31. The second-order valence-corrected chi connectivity index (χ2v) is 8.66. The number of rotatable bonds is 4. The first-order chi connectivity index (χ1) is 10.8. The molecule has 0 aliphatic carbocycles. The first-order valence-corrected chi connectivity index (χ1v) is 7.57. The van der Waals surface area contributed by atoms with Gasteiger partial charge in [0.25, 0.3) is 0 Å². The van der Waals surface area contributed by atoms with E-state index in [-0.39, 0.29) is 0 Å². The molecule has 0 aliphatic rings. The Morgan fingerprint density at radius 3 is 1.08 bits per heavy atom. The lowest BCUT2D eigenvalue weighted by atomic mass is 10.5. The second kappa shape index (κ2) is 8.49. The summed E-state index contributed by atoms with van der Waals surface area (Å²) in [5.74, 6) is -5.37. The van der Waals surface area contributed by atoms with E-state index in [0.29, 0.717) is 0 Å². The van der Waals surface area contributed by atoms with Crippen LogP contribution in [0.2, 0.25) is 0 Å². The van der Waals surface area contributed by atoms with Gasteiger partial charge in [0.1, 0.15) is 0 Å². The van der Waals surface area contributed by atoms with Crippen LogP contribution in [-0.4, -0.2) is 44.2 Å². The SMILES string of the molecule is O=C(N[C@H](O[C@H](NC(=O)C(F)(F)F)C(Cl)(Cl)Cl)C(Cl)(Cl)Cl)C(F)(F)F. The summed E-state index contributed by atoms with van der Waals surface area (Å²) in [5.41, 5.74) is 0. The van der Waals surface area contributed by atoms with Gasteiger partial charge < -0.3 is 15.4 Å². The highest BCUT2D eigenvalue weighted by atomic mass is 35.6. The van der Waals surface area contributed by atoms with Crippen LogP contribution in [0.3, 0.4) is 0 Å². The molecule has 0 fully saturated rings. The Kier molecular flexibility index (Phi) is 8.56. The van der Waals surface area contributed by atoms with Crippen LogP contribution < -0.4 is 10.6 Å². The molecular weight excluding hydrogens is 499 g/mol. The van der Waals surface area contributed by atoms with Gasteiger partial charge in [0.15, 0.2) is 12.5 Å². The van der Waals surface area contributed by atoms with Gasteiger partial charge in [-0.15, -0.1) is 0 Å². The molecule has 0 aliphatic heterocycles. The summed E-state index contributed by atoms with van der Waals surface area (Å²) in [4.78, 5) is 21.8. The standard InChI is InChI=1S/C8H4Cl6F6N2O3/c9-5(10,11)3(21-1(23)7(15,16)17)25-4(6(12,13)14)22-2(24)8(18,19)20/h3-4H,(H,21,23)(H,22,24)/t3-,4+. The fourth-order valence-corrected chi connectivity index (χ4v) is 1.56. The van der Waals surface area contributed by atoms with Crippen molar-refractivity contribution in [2.45, 2.75) is 32.4 Å². The van der Waals surface area contributed by atoms with Gasteiger partial charge in [0.2, 0.25) is 7.59 Å². The number of hydrogen-bond acceptors (Lipinski definition) is 3. The minimum Gasteiger partial charge on any atom is -0.326 e. The summed E-state index contributed by atoms with van der Waals surface area (Å²) in [6.45, 7) is 0. The van der Waals surface area contributed by atoms with Crippen molar-refractivity contribution < 1.29 is 40.7 Å². The van der Waals surface area contributed by atoms with Crippen molar-refractivity contribution in [2.75, 3.05) is 0 Å². The third-order valence-electron chi connectivity index (χ3n) is 1.91. The van der Waals surface area contributed by atoms with Crippen LogP contribution in [0.1, 0.15) is 0 Å². The number of hydrogen-bond donors (Lipinski definition) is 2.